The number of sulfonamides is 1. The van der Waals surface area contributed by atoms with Gasteiger partial charge in [0.15, 0.2) is 0 Å². The number of nitrogens with one attached hydrogen (secondary N) is 2. The molecule has 1 aromatic carbocycles. The Balaban J connectivity index is 1.50. The summed E-state index contributed by atoms with van der Waals surface area (Å²) in [6.07, 6.45) is 0.399. The Morgan fingerprint density at radius 2 is 1.85 bits per heavy atom. The zero-order valence-corrected chi connectivity index (χ0v) is 15.6. The van der Waals surface area contributed by atoms with Crippen molar-refractivity contribution in [1.82, 2.24) is 14.5 Å². The van der Waals surface area contributed by atoms with Gasteiger partial charge in [0, 0.05) is 37.6 Å². The van der Waals surface area contributed by atoms with Gasteiger partial charge in [-0.05, 0) is 37.6 Å². The highest BCUT2D eigenvalue weighted by Gasteiger charge is 2.32. The van der Waals surface area contributed by atoms with Gasteiger partial charge in [-0.3, -0.25) is 9.89 Å². The van der Waals surface area contributed by atoms with Gasteiger partial charge in [-0.25, -0.2) is 8.42 Å². The fourth-order valence-corrected chi connectivity index (χ4v) is 5.40. The van der Waals surface area contributed by atoms with E-state index in [1.807, 2.05) is 18.2 Å². The first-order valence-electron chi connectivity index (χ1n) is 8.56. The van der Waals surface area contributed by atoms with Crippen molar-refractivity contribution in [2.45, 2.75) is 25.2 Å². The highest BCUT2D eigenvalue weighted by Crippen LogP contribution is 2.29. The first-order valence-corrected chi connectivity index (χ1v) is 10.00. The monoisotopic (exact) mass is 375 g/mol. The lowest BCUT2D eigenvalue weighted by Gasteiger charge is -2.35. The van der Waals surface area contributed by atoms with E-state index in [0.717, 1.165) is 16.9 Å². The molecule has 0 aliphatic carbocycles. The van der Waals surface area contributed by atoms with E-state index in [1.165, 1.54) is 4.31 Å². The Bertz CT molecular complexity index is 955. The van der Waals surface area contributed by atoms with Gasteiger partial charge < -0.3 is 10.2 Å². The number of carbonyl (C=O) groups excluding carboxylic acids is 1. The minimum absolute atomic E-state index is 0.0129. The fraction of sp³-hybridized carbons (Fsp3) is 0.412. The van der Waals surface area contributed by atoms with E-state index >= 15 is 0 Å². The molecule has 0 saturated carbocycles. The molecule has 1 saturated heterocycles. The van der Waals surface area contributed by atoms with Crippen LogP contribution in [0.1, 0.15) is 17.0 Å². The third kappa shape index (κ3) is 2.77. The molecule has 0 unspecified atom stereocenters. The lowest BCUT2D eigenvalue weighted by atomic mass is 10.1. The van der Waals surface area contributed by atoms with Crippen molar-refractivity contribution in [1.29, 1.82) is 0 Å². The fourth-order valence-electron chi connectivity index (χ4n) is 3.65. The molecule has 26 heavy (non-hydrogen) atoms. The molecule has 1 amide bonds. The van der Waals surface area contributed by atoms with E-state index in [4.69, 9.17) is 0 Å². The van der Waals surface area contributed by atoms with E-state index in [0.29, 0.717) is 44.0 Å². The predicted octanol–water partition coefficient (Wildman–Crippen LogP) is 1.03. The molecule has 2 N–H and O–H groups in total. The van der Waals surface area contributed by atoms with Crippen LogP contribution in [-0.2, 0) is 21.2 Å². The van der Waals surface area contributed by atoms with Crippen LogP contribution in [0, 0.1) is 13.8 Å². The van der Waals surface area contributed by atoms with Gasteiger partial charge in [-0.2, -0.15) is 9.40 Å². The molecule has 2 aromatic rings. The molecule has 9 heteroatoms. The Morgan fingerprint density at radius 3 is 2.50 bits per heavy atom. The Kier molecular flexibility index (Phi) is 4.00. The summed E-state index contributed by atoms with van der Waals surface area (Å²) >= 11 is 0. The number of carbonyl (C=O) groups is 1. The number of aromatic nitrogens is 2. The van der Waals surface area contributed by atoms with Gasteiger partial charge in [-0.1, -0.05) is 0 Å². The maximum absolute atomic E-state index is 12.9. The van der Waals surface area contributed by atoms with E-state index < -0.39 is 10.0 Å². The second-order valence-electron chi connectivity index (χ2n) is 6.72. The zero-order chi connectivity index (χ0) is 18.5. The number of fused-ring (bicyclic) bond motifs is 1. The van der Waals surface area contributed by atoms with Crippen LogP contribution in [-0.4, -0.2) is 55.0 Å². The maximum atomic E-state index is 12.9. The van der Waals surface area contributed by atoms with Crippen LogP contribution in [0.15, 0.2) is 23.1 Å². The molecular formula is C17H21N5O3S. The SMILES string of the molecule is Cc1n[nH]c(C)c1S(=O)(=O)N1CCN(c2ccc3c(c2)CC(=O)N3)CC1. The summed E-state index contributed by atoms with van der Waals surface area (Å²) in [5.41, 5.74) is 3.95. The van der Waals surface area contributed by atoms with Crippen LogP contribution in [0.4, 0.5) is 11.4 Å². The first-order chi connectivity index (χ1) is 12.4. The highest BCUT2D eigenvalue weighted by molar-refractivity contribution is 7.89. The summed E-state index contributed by atoms with van der Waals surface area (Å²) < 4.78 is 27.4. The Morgan fingerprint density at radius 1 is 1.12 bits per heavy atom. The molecule has 4 rings (SSSR count). The zero-order valence-electron chi connectivity index (χ0n) is 14.7. The number of nitrogens with zero attached hydrogens (tertiary/aromatic N) is 3. The van der Waals surface area contributed by atoms with Gasteiger partial charge in [0.25, 0.3) is 0 Å². The number of aromatic amines is 1. The molecule has 138 valence electrons. The minimum Gasteiger partial charge on any atom is -0.369 e. The van der Waals surface area contributed by atoms with Crippen LogP contribution in [0.3, 0.4) is 0 Å². The van der Waals surface area contributed by atoms with Gasteiger partial charge in [-0.15, -0.1) is 0 Å². The van der Waals surface area contributed by atoms with Crippen LogP contribution in [0.25, 0.3) is 0 Å². The number of hydrogen-bond donors (Lipinski definition) is 2. The topological polar surface area (TPSA) is 98.4 Å². The molecule has 2 aliphatic heterocycles. The third-order valence-corrected chi connectivity index (χ3v) is 7.14. The lowest BCUT2D eigenvalue weighted by molar-refractivity contribution is -0.115. The van der Waals surface area contributed by atoms with Crippen LogP contribution >= 0.6 is 0 Å². The second kappa shape index (κ2) is 6.10. The smallest absolute Gasteiger partial charge is 0.246 e. The summed E-state index contributed by atoms with van der Waals surface area (Å²) in [4.78, 5) is 13.9. The van der Waals surface area contributed by atoms with Gasteiger partial charge >= 0.3 is 0 Å². The van der Waals surface area contributed by atoms with E-state index in [-0.39, 0.29) is 10.8 Å². The van der Waals surface area contributed by atoms with Gasteiger partial charge in [0.1, 0.15) is 4.90 Å². The van der Waals surface area contributed by atoms with E-state index in [9.17, 15) is 13.2 Å². The number of hydrogen-bond acceptors (Lipinski definition) is 5. The summed E-state index contributed by atoms with van der Waals surface area (Å²) in [5, 5.41) is 9.58. The summed E-state index contributed by atoms with van der Waals surface area (Å²) in [7, 11) is -3.54. The molecule has 1 aromatic heterocycles. The number of aryl methyl sites for hydroxylation is 2. The highest BCUT2D eigenvalue weighted by atomic mass is 32.2. The summed E-state index contributed by atoms with van der Waals surface area (Å²) in [6, 6.07) is 5.90. The number of anilines is 2. The second-order valence-corrected chi connectivity index (χ2v) is 8.60. The molecule has 3 heterocycles. The Hall–Kier alpha value is -2.39. The normalized spacial score (nSPS) is 18.1. The molecule has 0 atom stereocenters. The van der Waals surface area contributed by atoms with Crippen LogP contribution < -0.4 is 10.2 Å². The minimum atomic E-state index is -3.54. The summed E-state index contributed by atoms with van der Waals surface area (Å²) in [5.74, 6) is 0.0129. The molecule has 8 nitrogen and oxygen atoms in total. The maximum Gasteiger partial charge on any atom is 0.246 e. The molecular weight excluding hydrogens is 354 g/mol. The number of piperazine rings is 1. The molecule has 0 spiro atoms. The third-order valence-electron chi connectivity index (χ3n) is 4.98. The number of H-pyrrole nitrogens is 1. The largest absolute Gasteiger partial charge is 0.369 e. The van der Waals surface area contributed by atoms with Crippen molar-refractivity contribution in [3.8, 4) is 0 Å². The standard InChI is InChI=1S/C17H21N5O3S/c1-11-17(12(2)20-19-11)26(24,25)22-7-5-21(6-8-22)14-3-4-15-13(9-14)10-16(23)18-15/h3-4,9H,5-8,10H2,1-2H3,(H,18,23)(H,19,20). The molecule has 0 bridgehead atoms. The van der Waals surface area contributed by atoms with E-state index in [2.05, 4.69) is 20.4 Å². The average molecular weight is 375 g/mol. The van der Waals surface area contributed by atoms with Crippen molar-refractivity contribution in [2.24, 2.45) is 0 Å². The first kappa shape index (κ1) is 17.0. The molecule has 0 radical (unpaired) electrons. The van der Waals surface area contributed by atoms with Gasteiger partial charge in [0.05, 0.1) is 17.8 Å². The lowest BCUT2D eigenvalue weighted by Crippen LogP contribution is -2.48. The van der Waals surface area contributed by atoms with Crippen molar-refractivity contribution < 1.29 is 13.2 Å². The van der Waals surface area contributed by atoms with Crippen LogP contribution in [0.2, 0.25) is 0 Å². The average Bonchev–Trinajstić information content (AvgIpc) is 3.15. The van der Waals surface area contributed by atoms with Gasteiger partial charge in [0.2, 0.25) is 15.9 Å². The van der Waals surface area contributed by atoms with Crippen molar-refractivity contribution in [3.63, 3.8) is 0 Å². The predicted molar refractivity (Wildman–Crippen MR) is 97.8 cm³/mol. The summed E-state index contributed by atoms with van der Waals surface area (Å²) in [6.45, 7) is 5.47. The van der Waals surface area contributed by atoms with Crippen molar-refractivity contribution >= 4 is 27.3 Å². The molecule has 1 fully saturated rings. The quantitative estimate of drug-likeness (QED) is 0.835. The number of amides is 1. The number of rotatable bonds is 3. The van der Waals surface area contributed by atoms with Crippen molar-refractivity contribution in [3.05, 3.63) is 35.2 Å². The Labute approximate surface area is 152 Å². The van der Waals surface area contributed by atoms with Crippen molar-refractivity contribution in [2.75, 3.05) is 36.4 Å². The number of benzene rings is 1. The molecule has 2 aliphatic rings. The van der Waals surface area contributed by atoms with Crippen LogP contribution in [0.5, 0.6) is 0 Å². The van der Waals surface area contributed by atoms with E-state index in [1.54, 1.807) is 13.8 Å².